The fourth-order valence-electron chi connectivity index (χ4n) is 9.54. The van der Waals surface area contributed by atoms with Crippen LogP contribution in [0.2, 0.25) is 0 Å². The van der Waals surface area contributed by atoms with Gasteiger partial charge in [0, 0.05) is 114 Å². The van der Waals surface area contributed by atoms with Crippen molar-refractivity contribution in [2.24, 2.45) is 5.73 Å². The number of ether oxygens (including phenoxy) is 4. The highest BCUT2D eigenvalue weighted by Gasteiger charge is 2.32. The lowest BCUT2D eigenvalue weighted by atomic mass is 9.87. The van der Waals surface area contributed by atoms with Gasteiger partial charge in [-0.15, -0.1) is 0 Å². The second-order valence-electron chi connectivity index (χ2n) is 20.2. The molecule has 0 bridgehead atoms. The maximum atomic E-state index is 12.2. The Morgan fingerprint density at radius 2 is 1.36 bits per heavy atom. The Hall–Kier alpha value is -6.78. The van der Waals surface area contributed by atoms with Crippen LogP contribution in [0.25, 0.3) is 0 Å². The van der Waals surface area contributed by atoms with E-state index in [2.05, 4.69) is 130 Å². The predicted octanol–water partition coefficient (Wildman–Crippen LogP) is 7.96. The number of amides is 2. The van der Waals surface area contributed by atoms with E-state index in [0.717, 1.165) is 146 Å². The molecule has 0 saturated carbocycles. The first-order valence-electron chi connectivity index (χ1n) is 29.9. The van der Waals surface area contributed by atoms with Crippen molar-refractivity contribution in [3.63, 3.8) is 0 Å². The van der Waals surface area contributed by atoms with E-state index in [9.17, 15) is 19.2 Å². The molecule has 6 rings (SSSR count). The maximum Gasteiger partial charge on any atom is 0.237 e. The number of carbonyl (C=O) groups excluding carboxylic acids is 5. The predicted molar refractivity (Wildman–Crippen MR) is 344 cm³/mol. The van der Waals surface area contributed by atoms with Crippen LogP contribution >= 0.6 is 0 Å². The number of rotatable bonds is 35. The summed E-state index contributed by atoms with van der Waals surface area (Å²) in [6, 6.07) is 27.1. The van der Waals surface area contributed by atoms with Crippen molar-refractivity contribution in [1.82, 2.24) is 30.7 Å². The summed E-state index contributed by atoms with van der Waals surface area (Å²) in [6.07, 6.45) is 15.1. The van der Waals surface area contributed by atoms with Crippen LogP contribution < -0.4 is 36.6 Å². The molecule has 1 unspecified atom stereocenters. The number of unbranched alkanes of at least 4 members (excludes halogenated alkanes) is 4. The van der Waals surface area contributed by atoms with Crippen LogP contribution in [-0.4, -0.2) is 184 Å². The van der Waals surface area contributed by atoms with Crippen LogP contribution in [0, 0.1) is 10.8 Å². The number of likely N-dealkylation sites (N-methyl/N-ethyl adjacent to an activating group) is 3. The van der Waals surface area contributed by atoms with Crippen molar-refractivity contribution in [2.45, 2.75) is 116 Å². The lowest BCUT2D eigenvalue weighted by molar-refractivity contribution is -0.126. The number of nitrogens with two attached hydrogens (primary N) is 1. The number of carbonyl (C=O) groups is 5. The number of primary amides is 1. The summed E-state index contributed by atoms with van der Waals surface area (Å²) in [5.41, 5.74) is 11.8. The number of nitrogens with one attached hydrogen (secondary N) is 6. The van der Waals surface area contributed by atoms with Crippen LogP contribution in [-0.2, 0) is 46.5 Å². The minimum atomic E-state index is -0.410. The van der Waals surface area contributed by atoms with Gasteiger partial charge in [0.15, 0.2) is 0 Å². The molecule has 0 radical (unpaired) electrons. The largest absolute Gasteiger partial charge is 0.494 e. The van der Waals surface area contributed by atoms with Crippen LogP contribution in [0.3, 0.4) is 0 Å². The maximum absolute atomic E-state index is 12.2. The Labute approximate surface area is 508 Å². The summed E-state index contributed by atoms with van der Waals surface area (Å²) < 4.78 is 22.7. The van der Waals surface area contributed by atoms with Crippen molar-refractivity contribution in [3.05, 3.63) is 119 Å². The molecule has 8 N–H and O–H groups in total. The highest BCUT2D eigenvalue weighted by Crippen LogP contribution is 2.31. The number of benzene rings is 3. The first kappa shape index (κ1) is 76.2. The molecule has 2 saturated heterocycles. The first-order valence-corrected chi connectivity index (χ1v) is 29.9. The zero-order valence-electron chi connectivity index (χ0n) is 52.0. The zero-order valence-corrected chi connectivity index (χ0v) is 52.0. The molecule has 0 spiro atoms. The Kier molecular flexibility index (Phi) is 44.4. The molecule has 1 aromatic heterocycles. The lowest BCUT2D eigenvalue weighted by Gasteiger charge is -2.40. The average molecular weight is 1180 g/mol. The Balaban J connectivity index is 0.000000845. The number of pyridine rings is 1. The van der Waals surface area contributed by atoms with Gasteiger partial charge in [-0.3, -0.25) is 24.3 Å². The quantitative estimate of drug-likeness (QED) is 0.0131. The summed E-state index contributed by atoms with van der Waals surface area (Å²) in [7, 11) is 5.56. The number of aromatic nitrogens is 1. The molecule has 2 amide bonds. The van der Waals surface area contributed by atoms with Crippen molar-refractivity contribution < 1.29 is 42.9 Å². The van der Waals surface area contributed by atoms with Crippen molar-refractivity contribution in [2.75, 3.05) is 123 Å². The smallest absolute Gasteiger partial charge is 0.237 e. The minimum absolute atomic E-state index is 0.00558. The highest BCUT2D eigenvalue weighted by molar-refractivity contribution is 5.82. The highest BCUT2D eigenvalue weighted by atomic mass is 16.5. The normalized spacial score (nSPS) is 13.9. The van der Waals surface area contributed by atoms with E-state index < -0.39 is 6.04 Å². The second kappa shape index (κ2) is 49.5. The Morgan fingerprint density at radius 3 is 1.98 bits per heavy atom. The van der Waals surface area contributed by atoms with Gasteiger partial charge >= 0.3 is 0 Å². The van der Waals surface area contributed by atoms with Gasteiger partial charge in [0.2, 0.25) is 12.3 Å². The lowest BCUT2D eigenvalue weighted by Crippen LogP contribution is -2.53. The SMILES string of the molecule is C=N.C=N.CC.CNC(=O)C(CCC=O)N(C)Cc1cc(N2CCN(C)CC2)ccc1C=O.C[C@@H](c1cccc(NC2(CNCc3ccncc3)CCNCC2)c1)c1cccc(OCCCCCCOCCOCCOCCCC=O)c1.NC=O. The molecule has 2 aliphatic heterocycles. The fraction of sp³-hybridized carbons (Fsp3) is 0.538. The molecular weight excluding hydrogens is 1080 g/mol. The molecule has 2 aliphatic rings. The molecular formula is C65H103N11O9. The number of anilines is 2. The van der Waals surface area contributed by atoms with Gasteiger partial charge in [-0.2, -0.15) is 0 Å². The Morgan fingerprint density at radius 1 is 0.776 bits per heavy atom. The summed E-state index contributed by atoms with van der Waals surface area (Å²) >= 11 is 0. The molecule has 0 aliphatic carbocycles. The number of aldehydes is 3. The molecule has 2 fully saturated rings. The topological polar surface area (TPSA) is 267 Å². The molecule has 3 heterocycles. The van der Waals surface area contributed by atoms with Gasteiger partial charge in [-0.05, 0) is 162 Å². The van der Waals surface area contributed by atoms with Crippen LogP contribution in [0.4, 0.5) is 11.4 Å². The van der Waals surface area contributed by atoms with E-state index >= 15 is 0 Å². The van der Waals surface area contributed by atoms with E-state index in [1.165, 1.54) is 22.4 Å². The molecule has 20 heteroatoms. The summed E-state index contributed by atoms with van der Waals surface area (Å²) in [5.74, 6) is 1.06. The second-order valence-corrected chi connectivity index (χ2v) is 20.2. The summed E-state index contributed by atoms with van der Waals surface area (Å²) in [4.78, 5) is 63.9. The summed E-state index contributed by atoms with van der Waals surface area (Å²) in [6.45, 7) is 23.8. The number of hydrogen-bond donors (Lipinski definition) is 7. The summed E-state index contributed by atoms with van der Waals surface area (Å²) in [5, 5.41) is 24.8. The van der Waals surface area contributed by atoms with Crippen LogP contribution in [0.1, 0.15) is 124 Å². The van der Waals surface area contributed by atoms with Crippen LogP contribution in [0.5, 0.6) is 5.75 Å². The van der Waals surface area contributed by atoms with E-state index in [1.807, 2.05) is 56.4 Å². The van der Waals surface area contributed by atoms with Gasteiger partial charge < -0.3 is 76.2 Å². The molecule has 3 aromatic carbocycles. The molecule has 4 aromatic rings. The third-order valence-electron chi connectivity index (χ3n) is 14.2. The average Bonchev–Trinajstić information content (AvgIpc) is 3.73. The molecule has 20 nitrogen and oxygen atoms in total. The number of hydrogen-bond acceptors (Lipinski definition) is 18. The molecule has 2 atom stereocenters. The van der Waals surface area contributed by atoms with Gasteiger partial charge in [-0.1, -0.05) is 51.5 Å². The monoisotopic (exact) mass is 1180 g/mol. The van der Waals surface area contributed by atoms with E-state index in [-0.39, 0.29) is 23.8 Å². The van der Waals surface area contributed by atoms with Gasteiger partial charge in [0.1, 0.15) is 24.6 Å². The number of nitrogens with zero attached hydrogens (tertiary/aromatic N) is 4. The van der Waals surface area contributed by atoms with Gasteiger partial charge in [-0.25, -0.2) is 0 Å². The number of piperazine rings is 1. The fourth-order valence-corrected chi connectivity index (χ4v) is 9.54. The van der Waals surface area contributed by atoms with Crippen molar-refractivity contribution in [1.29, 1.82) is 10.8 Å². The standard InChI is InChI=1S/C40H58N4O5.C20H30N4O3.C2H6.CH3NO.2CH3N/c1-34(36-10-8-12-38(30-36)44-40(16-20-42-21-17-40)33-43-32-35-14-18-41-19-15-35)37-11-9-13-39(31-37)49-25-6-3-2-5-23-46-26-28-48-29-27-47-24-7-4-22-45;1-21-20(27)19(5-4-12-25)23(3)14-17-13-18(7-6-16(17)15-26)24-10-8-22(2)9-11-24;1-2;2-1-3;2*1-2/h8-15,18-19,22,30-31,34,42-44H,2-7,16-17,20-21,23-29,32-33H2,1H3;6-7,12-13,15,19H,4-5,8-11,14H2,1-3H3,(H,21,27);1-2H3;1H,(H2,2,3);2*2H,1H2/t34-;;;;;/m0...../s1. The van der Waals surface area contributed by atoms with Crippen molar-refractivity contribution >= 4 is 56.0 Å². The zero-order chi connectivity index (χ0) is 62.8. The van der Waals surface area contributed by atoms with Gasteiger partial charge in [0.25, 0.3) is 0 Å². The minimum Gasteiger partial charge on any atom is -0.494 e. The molecule has 85 heavy (non-hydrogen) atoms. The van der Waals surface area contributed by atoms with Gasteiger partial charge in [0.05, 0.1) is 44.6 Å². The third kappa shape index (κ3) is 31.8. The van der Waals surface area contributed by atoms with E-state index in [0.29, 0.717) is 64.4 Å². The molecule has 472 valence electrons. The Bertz CT molecular complexity index is 2360. The van der Waals surface area contributed by atoms with E-state index in [1.54, 1.807) is 7.05 Å². The van der Waals surface area contributed by atoms with Crippen LogP contribution in [0.15, 0.2) is 91.3 Å². The third-order valence-corrected chi connectivity index (χ3v) is 14.2. The first-order chi connectivity index (χ1) is 41.6. The number of piperidine rings is 1. The van der Waals surface area contributed by atoms with Crippen molar-refractivity contribution in [3.8, 4) is 5.75 Å². The van der Waals surface area contributed by atoms with E-state index in [4.69, 9.17) is 34.6 Å².